The third-order valence-electron chi connectivity index (χ3n) is 5.36. The molecule has 1 aromatic carbocycles. The number of hydrogen-bond donors (Lipinski definition) is 4. The number of carboxylic acid groups (broad SMARTS) is 1. The minimum Gasteiger partial charge on any atom is -0.480 e. The van der Waals surface area contributed by atoms with Crippen molar-refractivity contribution in [2.24, 2.45) is 0 Å². The van der Waals surface area contributed by atoms with Crippen LogP contribution in [-0.2, 0) is 25.4 Å². The van der Waals surface area contributed by atoms with Crippen LogP contribution in [0.15, 0.2) is 30.3 Å². The summed E-state index contributed by atoms with van der Waals surface area (Å²) in [5.74, 6) is -2.04. The van der Waals surface area contributed by atoms with Crippen LogP contribution in [0, 0.1) is 0 Å². The van der Waals surface area contributed by atoms with Crippen molar-refractivity contribution >= 4 is 25.3 Å². The number of hydrogen-bond acceptors (Lipinski definition) is 4. The smallest absolute Gasteiger partial charge is 0.326 e. The van der Waals surface area contributed by atoms with Crippen molar-refractivity contribution in [3.63, 3.8) is 0 Å². The molecule has 2 amide bonds. The van der Waals surface area contributed by atoms with Crippen LogP contribution >= 0.6 is 7.52 Å². The molecule has 0 radical (unpaired) electrons. The molecule has 3 atom stereocenters. The molecule has 9 nitrogen and oxygen atoms in total. The summed E-state index contributed by atoms with van der Waals surface area (Å²) in [7, 11) is -3.72. The van der Waals surface area contributed by atoms with Crippen LogP contribution in [0.5, 0.6) is 0 Å². The number of carboxylic acids is 1. The van der Waals surface area contributed by atoms with E-state index in [-0.39, 0.29) is 12.7 Å². The zero-order valence-electron chi connectivity index (χ0n) is 17.8. The van der Waals surface area contributed by atoms with Gasteiger partial charge in [-0.1, -0.05) is 50.1 Å². The zero-order valence-corrected chi connectivity index (χ0v) is 18.7. The van der Waals surface area contributed by atoms with Crippen LogP contribution < -0.4 is 10.4 Å². The lowest BCUT2D eigenvalue weighted by Crippen LogP contribution is -2.52. The van der Waals surface area contributed by atoms with E-state index in [0.717, 1.165) is 12.0 Å². The minimum atomic E-state index is -3.72. The second-order valence-corrected chi connectivity index (χ2v) is 9.95. The van der Waals surface area contributed by atoms with Gasteiger partial charge in [-0.25, -0.2) is 9.88 Å². The average Bonchev–Trinajstić information content (AvgIpc) is 3.24. The van der Waals surface area contributed by atoms with Gasteiger partial charge in [0.25, 0.3) is 7.52 Å². The van der Waals surface area contributed by atoms with Crippen molar-refractivity contribution < 1.29 is 28.9 Å². The number of likely N-dealkylation sites (tertiary alicyclic amines) is 1. The summed E-state index contributed by atoms with van der Waals surface area (Å²) in [4.78, 5) is 48.1. The Bertz CT molecular complexity index is 804. The van der Waals surface area contributed by atoms with E-state index >= 15 is 0 Å². The molecule has 1 heterocycles. The number of carbonyl (C=O) groups is 3. The van der Waals surface area contributed by atoms with Crippen molar-refractivity contribution in [3.05, 3.63) is 35.9 Å². The van der Waals surface area contributed by atoms with E-state index in [4.69, 9.17) is 0 Å². The summed E-state index contributed by atoms with van der Waals surface area (Å²) in [6.07, 6.45) is 3.25. The Hall–Kier alpha value is -2.22. The molecular formula is C21H32N3O6P. The molecule has 10 heteroatoms. The van der Waals surface area contributed by atoms with Crippen molar-refractivity contribution in [1.82, 2.24) is 15.3 Å². The predicted octanol–water partition coefficient (Wildman–Crippen LogP) is 1.75. The lowest BCUT2D eigenvalue weighted by molar-refractivity contribution is -0.143. The summed E-state index contributed by atoms with van der Waals surface area (Å²) >= 11 is 0. The number of carbonyl (C=O) groups excluding carboxylic acids is 2. The van der Waals surface area contributed by atoms with Gasteiger partial charge >= 0.3 is 5.97 Å². The van der Waals surface area contributed by atoms with E-state index in [0.29, 0.717) is 38.6 Å². The number of nitrogens with zero attached hydrogens (tertiary/aromatic N) is 1. The van der Waals surface area contributed by atoms with Crippen molar-refractivity contribution in [2.75, 3.05) is 19.3 Å². The van der Waals surface area contributed by atoms with Gasteiger partial charge in [0.2, 0.25) is 11.8 Å². The minimum absolute atomic E-state index is 0.00801. The number of rotatable bonds is 12. The zero-order chi connectivity index (χ0) is 22.9. The molecule has 1 aliphatic rings. The maximum Gasteiger partial charge on any atom is 0.326 e. The first-order chi connectivity index (χ1) is 14.7. The van der Waals surface area contributed by atoms with Gasteiger partial charge < -0.3 is 20.2 Å². The standard InChI is InChI=1S/C21H32N3O6P/c1-2-3-10-17(21(27)28)23-20(26)18-11-7-13-24(18)19(25)15-22-31(29,30)14-12-16-8-5-4-6-9-16/h4-6,8-9,17-18H,2-3,7,10-15H2,1H3,(H,23,26)(H,27,28)(H2,22,29,30)/t17-,18-/m0/s1. The van der Waals surface area contributed by atoms with Gasteiger partial charge in [0.15, 0.2) is 0 Å². The Morgan fingerprint density at radius 1 is 1.26 bits per heavy atom. The van der Waals surface area contributed by atoms with Crippen LogP contribution in [0.3, 0.4) is 0 Å². The second-order valence-electron chi connectivity index (χ2n) is 7.78. The fourth-order valence-corrected chi connectivity index (χ4v) is 4.67. The maximum absolute atomic E-state index is 12.6. The highest BCUT2D eigenvalue weighted by Gasteiger charge is 2.36. The highest BCUT2D eigenvalue weighted by Crippen LogP contribution is 2.35. The van der Waals surface area contributed by atoms with E-state index in [9.17, 15) is 28.9 Å². The first-order valence-corrected chi connectivity index (χ1v) is 12.5. The molecule has 2 rings (SSSR count). The number of aryl methyl sites for hydroxylation is 1. The maximum atomic E-state index is 12.6. The molecule has 1 saturated heterocycles. The number of nitrogens with one attached hydrogen (secondary N) is 2. The van der Waals surface area contributed by atoms with E-state index in [1.54, 1.807) is 0 Å². The van der Waals surface area contributed by atoms with Crippen LogP contribution in [0.1, 0.15) is 44.6 Å². The molecule has 1 aromatic rings. The van der Waals surface area contributed by atoms with Crippen LogP contribution in [-0.4, -0.2) is 64.0 Å². The molecule has 0 bridgehead atoms. The molecule has 31 heavy (non-hydrogen) atoms. The van der Waals surface area contributed by atoms with Crippen molar-refractivity contribution in [3.8, 4) is 0 Å². The number of aliphatic carboxylic acids is 1. The largest absolute Gasteiger partial charge is 0.480 e. The third kappa shape index (κ3) is 8.09. The fourth-order valence-electron chi connectivity index (χ4n) is 3.57. The lowest BCUT2D eigenvalue weighted by Gasteiger charge is -2.26. The predicted molar refractivity (Wildman–Crippen MR) is 117 cm³/mol. The summed E-state index contributed by atoms with van der Waals surface area (Å²) in [6.45, 7) is 1.93. The van der Waals surface area contributed by atoms with Gasteiger partial charge in [-0.2, -0.15) is 0 Å². The number of amides is 2. The summed E-state index contributed by atoms with van der Waals surface area (Å²) in [5.41, 5.74) is 0.928. The quantitative estimate of drug-likeness (QED) is 0.354. The molecule has 172 valence electrons. The van der Waals surface area contributed by atoms with Crippen LogP contribution in [0.2, 0.25) is 0 Å². The Morgan fingerprint density at radius 3 is 2.61 bits per heavy atom. The lowest BCUT2D eigenvalue weighted by atomic mass is 10.1. The average molecular weight is 453 g/mol. The van der Waals surface area contributed by atoms with Crippen LogP contribution in [0.4, 0.5) is 0 Å². The van der Waals surface area contributed by atoms with Crippen molar-refractivity contribution in [2.45, 2.75) is 57.5 Å². The van der Waals surface area contributed by atoms with Crippen LogP contribution in [0.25, 0.3) is 0 Å². The summed E-state index contributed by atoms with van der Waals surface area (Å²) < 4.78 is 12.4. The Labute approximate surface area is 182 Å². The highest BCUT2D eigenvalue weighted by atomic mass is 31.2. The molecule has 0 aliphatic carbocycles. The molecule has 4 N–H and O–H groups in total. The molecule has 1 fully saturated rings. The second kappa shape index (κ2) is 12.0. The van der Waals surface area contributed by atoms with Gasteiger partial charge in [0.05, 0.1) is 6.54 Å². The summed E-state index contributed by atoms with van der Waals surface area (Å²) in [5, 5.41) is 14.3. The number of unbranched alkanes of at least 4 members (excludes halogenated alkanes) is 1. The Kier molecular flexibility index (Phi) is 9.68. The van der Waals surface area contributed by atoms with Gasteiger partial charge in [-0.3, -0.25) is 14.2 Å². The number of benzene rings is 1. The normalized spacial score (nSPS) is 18.9. The van der Waals surface area contributed by atoms with E-state index in [1.807, 2.05) is 37.3 Å². The van der Waals surface area contributed by atoms with E-state index in [1.165, 1.54) is 4.90 Å². The molecular weight excluding hydrogens is 421 g/mol. The van der Waals surface area contributed by atoms with E-state index < -0.39 is 37.4 Å². The fraction of sp³-hybridized carbons (Fsp3) is 0.571. The Balaban J connectivity index is 1.87. The van der Waals surface area contributed by atoms with Gasteiger partial charge in [-0.15, -0.1) is 0 Å². The first kappa shape index (κ1) is 25.0. The van der Waals surface area contributed by atoms with Gasteiger partial charge in [0, 0.05) is 12.7 Å². The molecule has 0 aromatic heterocycles. The molecule has 1 unspecified atom stereocenters. The molecule has 0 spiro atoms. The first-order valence-electron chi connectivity index (χ1n) is 10.7. The highest BCUT2D eigenvalue weighted by molar-refractivity contribution is 7.55. The summed E-state index contributed by atoms with van der Waals surface area (Å²) in [6, 6.07) is 7.55. The van der Waals surface area contributed by atoms with Gasteiger partial charge in [-0.05, 0) is 31.2 Å². The SMILES string of the molecule is CCCC[C@H](NC(=O)[C@@H]1CCCN1C(=O)CNP(=O)(O)CCc1ccccc1)C(=O)O. The third-order valence-corrected chi connectivity index (χ3v) is 6.84. The molecule has 1 aliphatic heterocycles. The van der Waals surface area contributed by atoms with E-state index in [2.05, 4.69) is 10.4 Å². The topological polar surface area (TPSA) is 136 Å². The van der Waals surface area contributed by atoms with Crippen molar-refractivity contribution in [1.29, 1.82) is 0 Å². The van der Waals surface area contributed by atoms with Gasteiger partial charge in [0.1, 0.15) is 12.1 Å². The molecule has 0 saturated carbocycles. The Morgan fingerprint density at radius 2 is 1.97 bits per heavy atom. The monoisotopic (exact) mass is 453 g/mol.